The van der Waals surface area contributed by atoms with Crippen molar-refractivity contribution < 1.29 is 14.6 Å². The van der Waals surface area contributed by atoms with E-state index in [2.05, 4.69) is 37.9 Å². The molecule has 0 aliphatic carbocycles. The fourth-order valence-corrected chi connectivity index (χ4v) is 3.46. The smallest absolute Gasteiger partial charge is 0.306 e. The van der Waals surface area contributed by atoms with Gasteiger partial charge in [0, 0.05) is 23.9 Å². The average Bonchev–Trinajstić information content (AvgIpc) is 3.06. The van der Waals surface area contributed by atoms with Crippen LogP contribution in [0.1, 0.15) is 39.2 Å². The standard InChI is InChI=1S/C21H29N3O3/c1-21(2,3)24-14-17(13-23-10-8-15(9-11-23)20(25)26)19(22-24)16-6-5-7-18(12-16)27-4/h5-7,12,14-15H,8-11,13H2,1-4H3,(H,25,26). The van der Waals surface area contributed by atoms with E-state index in [9.17, 15) is 9.90 Å². The molecule has 0 radical (unpaired) electrons. The molecule has 2 aromatic rings. The van der Waals surface area contributed by atoms with Gasteiger partial charge in [-0.1, -0.05) is 12.1 Å². The van der Waals surface area contributed by atoms with Gasteiger partial charge in [-0.05, 0) is 58.8 Å². The lowest BCUT2D eigenvalue weighted by Gasteiger charge is -2.29. The Bertz CT molecular complexity index is 799. The van der Waals surface area contributed by atoms with Crippen LogP contribution in [0.25, 0.3) is 11.3 Å². The van der Waals surface area contributed by atoms with Crippen molar-refractivity contribution in [2.75, 3.05) is 20.2 Å². The van der Waals surface area contributed by atoms with E-state index < -0.39 is 5.97 Å². The number of rotatable bonds is 5. The first kappa shape index (κ1) is 19.4. The molecule has 0 atom stereocenters. The molecule has 27 heavy (non-hydrogen) atoms. The molecule has 1 aromatic heterocycles. The second kappa shape index (κ2) is 7.72. The normalized spacial score (nSPS) is 16.4. The number of benzene rings is 1. The molecule has 1 aromatic carbocycles. The summed E-state index contributed by atoms with van der Waals surface area (Å²) in [6.07, 6.45) is 3.53. The van der Waals surface area contributed by atoms with Crippen molar-refractivity contribution in [3.05, 3.63) is 36.0 Å². The Hall–Kier alpha value is -2.34. The number of carboxylic acid groups (broad SMARTS) is 1. The van der Waals surface area contributed by atoms with Crippen LogP contribution in [0.4, 0.5) is 0 Å². The molecule has 2 heterocycles. The summed E-state index contributed by atoms with van der Waals surface area (Å²) < 4.78 is 7.39. The van der Waals surface area contributed by atoms with E-state index in [1.165, 1.54) is 0 Å². The van der Waals surface area contributed by atoms with E-state index in [-0.39, 0.29) is 11.5 Å². The Morgan fingerprint density at radius 1 is 1.30 bits per heavy atom. The minimum absolute atomic E-state index is 0.109. The molecule has 1 aliphatic rings. The summed E-state index contributed by atoms with van der Waals surface area (Å²) in [5.41, 5.74) is 3.05. The topological polar surface area (TPSA) is 67.6 Å². The quantitative estimate of drug-likeness (QED) is 0.870. The van der Waals surface area contributed by atoms with Crippen molar-refractivity contribution in [2.45, 2.75) is 45.7 Å². The van der Waals surface area contributed by atoms with Crippen molar-refractivity contribution in [3.63, 3.8) is 0 Å². The molecular weight excluding hydrogens is 342 g/mol. The Balaban J connectivity index is 1.87. The SMILES string of the molecule is COc1cccc(-c2nn(C(C)(C)C)cc2CN2CCC(C(=O)O)CC2)c1. The molecule has 0 bridgehead atoms. The third-order valence-electron chi connectivity index (χ3n) is 5.15. The molecule has 6 heteroatoms. The highest BCUT2D eigenvalue weighted by molar-refractivity contribution is 5.70. The molecule has 1 N–H and O–H groups in total. The van der Waals surface area contributed by atoms with Gasteiger partial charge in [0.25, 0.3) is 0 Å². The van der Waals surface area contributed by atoms with Crippen LogP contribution >= 0.6 is 0 Å². The van der Waals surface area contributed by atoms with Crippen molar-refractivity contribution in [1.29, 1.82) is 0 Å². The predicted octanol–water partition coefficient (Wildman–Crippen LogP) is 3.61. The van der Waals surface area contributed by atoms with Gasteiger partial charge in [0.05, 0.1) is 24.3 Å². The molecule has 146 valence electrons. The van der Waals surface area contributed by atoms with E-state index in [1.807, 2.05) is 22.9 Å². The number of likely N-dealkylation sites (tertiary alicyclic amines) is 1. The number of carboxylic acids is 1. The molecule has 1 saturated heterocycles. The lowest BCUT2D eigenvalue weighted by molar-refractivity contribution is -0.143. The maximum atomic E-state index is 11.2. The Kier molecular flexibility index (Phi) is 5.56. The number of aromatic nitrogens is 2. The first-order valence-corrected chi connectivity index (χ1v) is 9.46. The van der Waals surface area contributed by atoms with E-state index in [4.69, 9.17) is 9.84 Å². The molecule has 0 unspecified atom stereocenters. The Morgan fingerprint density at radius 3 is 2.59 bits per heavy atom. The highest BCUT2D eigenvalue weighted by Crippen LogP contribution is 2.29. The van der Waals surface area contributed by atoms with Gasteiger partial charge in [0.2, 0.25) is 0 Å². The molecule has 3 rings (SSSR count). The molecule has 1 aliphatic heterocycles. The van der Waals surface area contributed by atoms with Crippen molar-refractivity contribution in [3.8, 4) is 17.0 Å². The van der Waals surface area contributed by atoms with Crippen LogP contribution in [-0.4, -0.2) is 46.0 Å². The van der Waals surface area contributed by atoms with Gasteiger partial charge >= 0.3 is 5.97 Å². The molecule has 1 fully saturated rings. The number of nitrogens with zero attached hydrogens (tertiary/aromatic N) is 3. The minimum atomic E-state index is -0.674. The van der Waals surface area contributed by atoms with Gasteiger partial charge in [0.15, 0.2) is 0 Å². The van der Waals surface area contributed by atoms with Crippen LogP contribution in [0.2, 0.25) is 0 Å². The van der Waals surface area contributed by atoms with Crippen molar-refractivity contribution in [2.24, 2.45) is 5.92 Å². The van der Waals surface area contributed by atoms with Crippen LogP contribution in [0.3, 0.4) is 0 Å². The van der Waals surface area contributed by atoms with Gasteiger partial charge in [-0.3, -0.25) is 14.4 Å². The lowest BCUT2D eigenvalue weighted by Crippen LogP contribution is -2.35. The van der Waals surface area contributed by atoms with Gasteiger partial charge in [0.1, 0.15) is 5.75 Å². The molecule has 0 amide bonds. The zero-order chi connectivity index (χ0) is 19.6. The molecule has 0 spiro atoms. The minimum Gasteiger partial charge on any atom is -0.497 e. The summed E-state index contributed by atoms with van der Waals surface area (Å²) in [4.78, 5) is 13.5. The summed E-state index contributed by atoms with van der Waals surface area (Å²) in [7, 11) is 1.67. The highest BCUT2D eigenvalue weighted by Gasteiger charge is 2.26. The first-order valence-electron chi connectivity index (χ1n) is 9.46. The number of hydrogen-bond acceptors (Lipinski definition) is 4. The Labute approximate surface area is 160 Å². The second-order valence-electron chi connectivity index (χ2n) is 8.24. The molecule has 6 nitrogen and oxygen atoms in total. The number of hydrogen-bond donors (Lipinski definition) is 1. The van der Waals surface area contributed by atoms with E-state index in [0.29, 0.717) is 12.8 Å². The van der Waals surface area contributed by atoms with Crippen LogP contribution in [0, 0.1) is 5.92 Å². The zero-order valence-corrected chi connectivity index (χ0v) is 16.6. The van der Waals surface area contributed by atoms with Crippen LogP contribution in [0.5, 0.6) is 5.75 Å². The van der Waals surface area contributed by atoms with E-state index in [0.717, 1.165) is 42.2 Å². The maximum Gasteiger partial charge on any atom is 0.306 e. The van der Waals surface area contributed by atoms with Crippen LogP contribution in [0.15, 0.2) is 30.5 Å². The molecule has 0 saturated carbocycles. The summed E-state index contributed by atoms with van der Waals surface area (Å²) >= 11 is 0. The van der Waals surface area contributed by atoms with Gasteiger partial charge in [-0.2, -0.15) is 5.10 Å². The maximum absolute atomic E-state index is 11.2. The van der Waals surface area contributed by atoms with Gasteiger partial charge in [-0.15, -0.1) is 0 Å². The monoisotopic (exact) mass is 371 g/mol. The summed E-state index contributed by atoms with van der Waals surface area (Å²) in [6.45, 7) is 8.78. The second-order valence-corrected chi connectivity index (χ2v) is 8.24. The van der Waals surface area contributed by atoms with Crippen LogP contribution < -0.4 is 4.74 Å². The lowest BCUT2D eigenvalue weighted by atomic mass is 9.96. The Morgan fingerprint density at radius 2 is 2.00 bits per heavy atom. The highest BCUT2D eigenvalue weighted by atomic mass is 16.5. The van der Waals surface area contributed by atoms with Crippen LogP contribution in [-0.2, 0) is 16.9 Å². The van der Waals surface area contributed by atoms with E-state index in [1.54, 1.807) is 7.11 Å². The number of ether oxygens (including phenoxy) is 1. The molecular formula is C21H29N3O3. The fourth-order valence-electron chi connectivity index (χ4n) is 3.46. The average molecular weight is 371 g/mol. The number of methoxy groups -OCH3 is 1. The number of aliphatic carboxylic acids is 1. The summed E-state index contributed by atoms with van der Waals surface area (Å²) in [5, 5.41) is 14.1. The third-order valence-corrected chi connectivity index (χ3v) is 5.15. The van der Waals surface area contributed by atoms with Gasteiger partial charge < -0.3 is 9.84 Å². The summed E-state index contributed by atoms with van der Waals surface area (Å²) in [6, 6.07) is 7.97. The number of piperidine rings is 1. The largest absolute Gasteiger partial charge is 0.497 e. The summed E-state index contributed by atoms with van der Waals surface area (Å²) in [5.74, 6) is -0.0743. The number of carbonyl (C=O) groups is 1. The van der Waals surface area contributed by atoms with E-state index >= 15 is 0 Å². The predicted molar refractivity (Wildman–Crippen MR) is 105 cm³/mol. The first-order chi connectivity index (χ1) is 12.8. The van der Waals surface area contributed by atoms with Crippen molar-refractivity contribution in [1.82, 2.24) is 14.7 Å². The van der Waals surface area contributed by atoms with Gasteiger partial charge in [-0.25, -0.2) is 0 Å². The third kappa shape index (κ3) is 4.50. The fraction of sp³-hybridized carbons (Fsp3) is 0.524. The zero-order valence-electron chi connectivity index (χ0n) is 16.6. The van der Waals surface area contributed by atoms with Crippen molar-refractivity contribution >= 4 is 5.97 Å².